The highest BCUT2D eigenvalue weighted by Crippen LogP contribution is 2.40. The number of hydrogen-bond donors (Lipinski definition) is 2. The van der Waals surface area contributed by atoms with Crippen LogP contribution in [0.25, 0.3) is 0 Å². The van der Waals surface area contributed by atoms with E-state index >= 15 is 0 Å². The summed E-state index contributed by atoms with van der Waals surface area (Å²) in [5.41, 5.74) is -0.0909. The summed E-state index contributed by atoms with van der Waals surface area (Å²) < 4.78 is 0. The Kier molecular flexibility index (Phi) is 5.42. The fraction of sp³-hybridized carbons (Fsp3) is 1.00. The molecule has 1 saturated carbocycles. The van der Waals surface area contributed by atoms with Gasteiger partial charge in [-0.3, -0.25) is 0 Å². The lowest BCUT2D eigenvalue weighted by Crippen LogP contribution is -2.60. The molecular weight excluding hydrogens is 212 g/mol. The molecule has 1 aliphatic rings. The van der Waals surface area contributed by atoms with Crippen LogP contribution in [0.15, 0.2) is 0 Å². The highest BCUT2D eigenvalue weighted by Gasteiger charge is 2.45. The van der Waals surface area contributed by atoms with Crippen LogP contribution in [-0.2, 0) is 0 Å². The van der Waals surface area contributed by atoms with Crippen molar-refractivity contribution in [3.63, 3.8) is 0 Å². The van der Waals surface area contributed by atoms with E-state index < -0.39 is 0 Å². The van der Waals surface area contributed by atoms with Crippen molar-refractivity contribution in [3.05, 3.63) is 0 Å². The van der Waals surface area contributed by atoms with E-state index in [1.165, 1.54) is 12.8 Å². The highest BCUT2D eigenvalue weighted by atomic mass is 16.3. The lowest BCUT2D eigenvalue weighted by Gasteiger charge is -2.40. The van der Waals surface area contributed by atoms with Gasteiger partial charge >= 0.3 is 0 Å². The van der Waals surface area contributed by atoms with Crippen LogP contribution < -0.4 is 5.32 Å². The van der Waals surface area contributed by atoms with Gasteiger partial charge in [-0.15, -0.1) is 0 Å². The monoisotopic (exact) mass is 242 g/mol. The van der Waals surface area contributed by atoms with Crippen LogP contribution in [0.5, 0.6) is 0 Å². The van der Waals surface area contributed by atoms with Crippen LogP contribution in [0.3, 0.4) is 0 Å². The van der Waals surface area contributed by atoms with Crippen LogP contribution in [0.1, 0.15) is 47.0 Å². The molecule has 1 fully saturated rings. The van der Waals surface area contributed by atoms with Crippen molar-refractivity contribution in [3.8, 4) is 0 Å². The smallest absolute Gasteiger partial charge is 0.0628 e. The van der Waals surface area contributed by atoms with Gasteiger partial charge in [0, 0.05) is 18.6 Å². The van der Waals surface area contributed by atoms with Crippen molar-refractivity contribution in [2.45, 2.75) is 64.6 Å². The van der Waals surface area contributed by atoms with Crippen LogP contribution in [0.2, 0.25) is 0 Å². The molecule has 0 amide bonds. The molecule has 0 spiro atoms. The van der Waals surface area contributed by atoms with Gasteiger partial charge in [-0.05, 0) is 39.2 Å². The standard InChI is InChI=1S/C14H30N2O/c1-6-12(4)16(5)9-14(10-17,13-7-8-13)15-11(2)3/h11-13,15,17H,6-10H2,1-5H3. The van der Waals surface area contributed by atoms with Crippen molar-refractivity contribution in [1.29, 1.82) is 0 Å². The fourth-order valence-corrected chi connectivity index (χ4v) is 2.64. The SMILES string of the molecule is CCC(C)N(C)CC(CO)(NC(C)C)C1CC1. The Balaban J connectivity index is 2.68. The fourth-order valence-electron chi connectivity index (χ4n) is 2.64. The molecule has 1 aliphatic carbocycles. The van der Waals surface area contributed by atoms with Crippen molar-refractivity contribution in [2.75, 3.05) is 20.2 Å². The number of nitrogens with one attached hydrogen (secondary N) is 1. The second-order valence-corrected chi connectivity index (χ2v) is 6.06. The van der Waals surface area contributed by atoms with Crippen molar-refractivity contribution >= 4 is 0 Å². The molecule has 0 aromatic carbocycles. The van der Waals surface area contributed by atoms with E-state index in [0.717, 1.165) is 13.0 Å². The van der Waals surface area contributed by atoms with Gasteiger partial charge in [-0.25, -0.2) is 0 Å². The second-order valence-electron chi connectivity index (χ2n) is 6.06. The molecule has 2 N–H and O–H groups in total. The van der Waals surface area contributed by atoms with Gasteiger partial charge in [-0.1, -0.05) is 20.8 Å². The minimum atomic E-state index is -0.0909. The molecule has 0 aromatic rings. The number of rotatable bonds is 8. The summed E-state index contributed by atoms with van der Waals surface area (Å²) >= 11 is 0. The molecule has 0 aromatic heterocycles. The third-order valence-electron chi connectivity index (χ3n) is 4.09. The zero-order valence-corrected chi connectivity index (χ0v) is 12.2. The molecule has 2 atom stereocenters. The maximum atomic E-state index is 9.85. The van der Waals surface area contributed by atoms with Crippen LogP contribution in [-0.4, -0.2) is 47.8 Å². The molecular formula is C14H30N2O. The van der Waals surface area contributed by atoms with Gasteiger partial charge in [0.05, 0.1) is 12.1 Å². The zero-order valence-electron chi connectivity index (χ0n) is 12.2. The Bertz CT molecular complexity index is 228. The van der Waals surface area contributed by atoms with E-state index in [0.29, 0.717) is 18.0 Å². The highest BCUT2D eigenvalue weighted by molar-refractivity contribution is 5.03. The number of nitrogens with zero attached hydrogens (tertiary/aromatic N) is 1. The molecule has 0 saturated heterocycles. The summed E-state index contributed by atoms with van der Waals surface area (Å²) in [6.07, 6.45) is 3.67. The lowest BCUT2D eigenvalue weighted by atomic mass is 9.91. The minimum Gasteiger partial charge on any atom is -0.394 e. The Morgan fingerprint density at radius 3 is 2.29 bits per heavy atom. The number of hydrogen-bond acceptors (Lipinski definition) is 3. The zero-order chi connectivity index (χ0) is 13.1. The van der Waals surface area contributed by atoms with E-state index in [1.807, 2.05) is 0 Å². The second kappa shape index (κ2) is 6.17. The Labute approximate surface area is 107 Å². The average molecular weight is 242 g/mol. The molecule has 3 nitrogen and oxygen atoms in total. The summed E-state index contributed by atoms with van der Waals surface area (Å²) in [5, 5.41) is 13.5. The van der Waals surface area contributed by atoms with Gasteiger partial charge in [0.1, 0.15) is 0 Å². The molecule has 102 valence electrons. The Morgan fingerprint density at radius 2 is 1.94 bits per heavy atom. The van der Waals surface area contributed by atoms with E-state index in [4.69, 9.17) is 0 Å². The van der Waals surface area contributed by atoms with Crippen LogP contribution >= 0.6 is 0 Å². The van der Waals surface area contributed by atoms with Gasteiger partial charge in [-0.2, -0.15) is 0 Å². The van der Waals surface area contributed by atoms with Gasteiger partial charge in [0.2, 0.25) is 0 Å². The van der Waals surface area contributed by atoms with E-state index in [1.54, 1.807) is 0 Å². The first-order chi connectivity index (χ1) is 7.95. The molecule has 0 aliphatic heterocycles. The maximum absolute atomic E-state index is 9.85. The van der Waals surface area contributed by atoms with Crippen LogP contribution in [0.4, 0.5) is 0 Å². The Hall–Kier alpha value is -0.120. The summed E-state index contributed by atoms with van der Waals surface area (Å²) in [6, 6.07) is 1.00. The summed E-state index contributed by atoms with van der Waals surface area (Å²) in [5.74, 6) is 0.654. The van der Waals surface area contributed by atoms with E-state index in [9.17, 15) is 5.11 Å². The van der Waals surface area contributed by atoms with Crippen molar-refractivity contribution in [2.24, 2.45) is 5.92 Å². The first kappa shape index (κ1) is 14.9. The molecule has 17 heavy (non-hydrogen) atoms. The van der Waals surface area contributed by atoms with E-state index in [2.05, 4.69) is 45.0 Å². The molecule has 0 bridgehead atoms. The minimum absolute atomic E-state index is 0.0909. The number of likely N-dealkylation sites (N-methyl/N-ethyl adjacent to an activating group) is 1. The van der Waals surface area contributed by atoms with Crippen molar-refractivity contribution < 1.29 is 5.11 Å². The predicted molar refractivity (Wildman–Crippen MR) is 73.2 cm³/mol. The normalized spacial score (nSPS) is 21.9. The maximum Gasteiger partial charge on any atom is 0.0628 e. The molecule has 0 heterocycles. The molecule has 3 heteroatoms. The quantitative estimate of drug-likeness (QED) is 0.682. The number of aliphatic hydroxyl groups excluding tert-OH is 1. The molecule has 0 radical (unpaired) electrons. The largest absolute Gasteiger partial charge is 0.394 e. The van der Waals surface area contributed by atoms with Crippen molar-refractivity contribution in [1.82, 2.24) is 10.2 Å². The third kappa shape index (κ3) is 3.94. The number of aliphatic hydroxyl groups is 1. The summed E-state index contributed by atoms with van der Waals surface area (Å²) in [7, 11) is 2.17. The summed E-state index contributed by atoms with van der Waals surface area (Å²) in [4.78, 5) is 2.38. The van der Waals surface area contributed by atoms with Gasteiger partial charge in [0.15, 0.2) is 0 Å². The van der Waals surface area contributed by atoms with Gasteiger partial charge in [0.25, 0.3) is 0 Å². The van der Waals surface area contributed by atoms with E-state index in [-0.39, 0.29) is 12.1 Å². The van der Waals surface area contributed by atoms with Crippen LogP contribution in [0, 0.1) is 5.92 Å². The first-order valence-corrected chi connectivity index (χ1v) is 7.04. The van der Waals surface area contributed by atoms with Gasteiger partial charge < -0.3 is 15.3 Å². The lowest BCUT2D eigenvalue weighted by molar-refractivity contribution is 0.0793. The Morgan fingerprint density at radius 1 is 1.35 bits per heavy atom. The molecule has 2 unspecified atom stereocenters. The third-order valence-corrected chi connectivity index (χ3v) is 4.09. The molecule has 1 rings (SSSR count). The predicted octanol–water partition coefficient (Wildman–Crippen LogP) is 1.86. The average Bonchev–Trinajstić information content (AvgIpc) is 3.10. The summed E-state index contributed by atoms with van der Waals surface area (Å²) in [6.45, 7) is 9.99. The first-order valence-electron chi connectivity index (χ1n) is 7.04. The topological polar surface area (TPSA) is 35.5 Å².